The first kappa shape index (κ1) is 15.4. The molecule has 1 atom stereocenters. The van der Waals surface area contributed by atoms with Crippen LogP contribution in [-0.2, 0) is 14.8 Å². The lowest BCUT2D eigenvalue weighted by Gasteiger charge is -2.41. The summed E-state index contributed by atoms with van der Waals surface area (Å²) in [5, 5.41) is 13.0. The van der Waals surface area contributed by atoms with E-state index < -0.39 is 21.7 Å². The van der Waals surface area contributed by atoms with Crippen LogP contribution < -0.4 is 0 Å². The van der Waals surface area contributed by atoms with E-state index in [1.54, 1.807) is 27.7 Å². The fourth-order valence-corrected chi connectivity index (χ4v) is 4.40. The molecular formula is C12H20N2O5S. The maximum atomic E-state index is 12.7. The van der Waals surface area contributed by atoms with Gasteiger partial charge in [-0.2, -0.15) is 4.31 Å². The molecule has 0 bridgehead atoms. The first-order chi connectivity index (χ1) is 9.17. The predicted octanol–water partition coefficient (Wildman–Crippen LogP) is 0.452. The predicted molar refractivity (Wildman–Crippen MR) is 70.8 cm³/mol. The Bertz CT molecular complexity index is 573. The van der Waals surface area contributed by atoms with Gasteiger partial charge < -0.3 is 14.4 Å². The highest BCUT2D eigenvalue weighted by molar-refractivity contribution is 7.89. The zero-order valence-corrected chi connectivity index (χ0v) is 12.9. The quantitative estimate of drug-likeness (QED) is 0.871. The molecule has 1 saturated heterocycles. The van der Waals surface area contributed by atoms with Gasteiger partial charge in [-0.15, -0.1) is 0 Å². The van der Waals surface area contributed by atoms with Crippen molar-refractivity contribution < 1.29 is 22.8 Å². The molecule has 0 aliphatic carbocycles. The van der Waals surface area contributed by atoms with Crippen LogP contribution in [0.3, 0.4) is 0 Å². The molecule has 0 aromatic carbocycles. The number of aliphatic hydroxyl groups is 1. The summed E-state index contributed by atoms with van der Waals surface area (Å²) >= 11 is 0. The number of hydrogen-bond donors (Lipinski definition) is 1. The first-order valence-corrected chi connectivity index (χ1v) is 7.83. The Balaban J connectivity index is 2.39. The van der Waals surface area contributed by atoms with Crippen LogP contribution in [-0.4, -0.2) is 54.4 Å². The third kappa shape index (κ3) is 2.73. The van der Waals surface area contributed by atoms with Crippen molar-refractivity contribution in [3.63, 3.8) is 0 Å². The molecule has 1 N–H and O–H groups in total. The van der Waals surface area contributed by atoms with Gasteiger partial charge in [0.25, 0.3) is 0 Å². The minimum atomic E-state index is -3.71. The number of hydrogen-bond acceptors (Lipinski definition) is 6. The van der Waals surface area contributed by atoms with E-state index >= 15 is 0 Å². The third-order valence-electron chi connectivity index (χ3n) is 3.22. The summed E-state index contributed by atoms with van der Waals surface area (Å²) in [7, 11) is -3.71. The van der Waals surface area contributed by atoms with Gasteiger partial charge in [0.05, 0.1) is 18.3 Å². The van der Waals surface area contributed by atoms with Crippen LogP contribution in [0.1, 0.15) is 25.3 Å². The van der Waals surface area contributed by atoms with Gasteiger partial charge in [-0.25, -0.2) is 8.42 Å². The number of nitrogens with zero attached hydrogens (tertiary/aromatic N) is 2. The average Bonchev–Trinajstić information content (AvgIpc) is 2.67. The molecule has 1 aromatic heterocycles. The van der Waals surface area contributed by atoms with Gasteiger partial charge in [-0.1, -0.05) is 5.16 Å². The molecule has 8 heteroatoms. The van der Waals surface area contributed by atoms with E-state index in [-0.39, 0.29) is 30.4 Å². The molecule has 1 fully saturated rings. The SMILES string of the molecule is Cc1noc(C)c1S(=O)(=O)N1CC(CO)OC(C)(C)C1. The minimum Gasteiger partial charge on any atom is -0.394 e. The standard InChI is InChI=1S/C12H20N2O5S/c1-8-11(9(2)19-13-8)20(16,17)14-5-10(6-15)18-12(3,4)7-14/h10,15H,5-7H2,1-4H3. The van der Waals surface area contributed by atoms with Gasteiger partial charge in [-0.3, -0.25) is 0 Å². The average molecular weight is 304 g/mol. The largest absolute Gasteiger partial charge is 0.394 e. The lowest BCUT2D eigenvalue weighted by atomic mass is 10.1. The Hall–Kier alpha value is -0.960. The Labute approximate surface area is 118 Å². The van der Waals surface area contributed by atoms with Crippen LogP contribution in [0.15, 0.2) is 9.42 Å². The smallest absolute Gasteiger partial charge is 0.248 e. The molecule has 20 heavy (non-hydrogen) atoms. The molecule has 1 aromatic rings. The van der Waals surface area contributed by atoms with E-state index in [1.165, 1.54) is 4.31 Å². The van der Waals surface area contributed by atoms with Crippen molar-refractivity contribution in [1.82, 2.24) is 9.46 Å². The van der Waals surface area contributed by atoms with Crippen LogP contribution in [0.4, 0.5) is 0 Å². The second-order valence-corrected chi connectivity index (χ2v) is 7.51. The van der Waals surface area contributed by atoms with Crippen LogP contribution in [0, 0.1) is 13.8 Å². The molecule has 2 rings (SSSR count). The summed E-state index contributed by atoms with van der Waals surface area (Å²) in [6.45, 7) is 6.87. The first-order valence-electron chi connectivity index (χ1n) is 6.39. The molecule has 1 aliphatic heterocycles. The fraction of sp³-hybridized carbons (Fsp3) is 0.750. The van der Waals surface area contributed by atoms with E-state index in [2.05, 4.69) is 5.16 Å². The maximum Gasteiger partial charge on any atom is 0.248 e. The summed E-state index contributed by atoms with van der Waals surface area (Å²) in [6, 6.07) is 0. The van der Waals surface area contributed by atoms with Crippen LogP contribution in [0.5, 0.6) is 0 Å². The summed E-state index contributed by atoms with van der Waals surface area (Å²) in [4.78, 5) is 0.104. The Morgan fingerprint density at radius 1 is 1.45 bits per heavy atom. The van der Waals surface area contributed by atoms with Crippen molar-refractivity contribution in [3.05, 3.63) is 11.5 Å². The number of aliphatic hydroxyl groups excluding tert-OH is 1. The van der Waals surface area contributed by atoms with E-state index in [0.29, 0.717) is 5.69 Å². The van der Waals surface area contributed by atoms with Gasteiger partial charge in [0, 0.05) is 13.1 Å². The Kier molecular flexibility index (Phi) is 3.94. The maximum absolute atomic E-state index is 12.7. The normalized spacial score (nSPS) is 23.9. The van der Waals surface area contributed by atoms with Crippen molar-refractivity contribution in [2.24, 2.45) is 0 Å². The van der Waals surface area contributed by atoms with Crippen molar-refractivity contribution >= 4 is 10.0 Å². The summed E-state index contributed by atoms with van der Waals surface area (Å²) in [5.74, 6) is 0.271. The molecule has 2 heterocycles. The van der Waals surface area contributed by atoms with Crippen LogP contribution >= 0.6 is 0 Å². The molecule has 114 valence electrons. The van der Waals surface area contributed by atoms with Crippen molar-refractivity contribution in [1.29, 1.82) is 0 Å². The van der Waals surface area contributed by atoms with Gasteiger partial charge >= 0.3 is 0 Å². The number of ether oxygens (including phenoxy) is 1. The topological polar surface area (TPSA) is 92.9 Å². The lowest BCUT2D eigenvalue weighted by Crippen LogP contribution is -2.55. The van der Waals surface area contributed by atoms with Crippen LogP contribution in [0.2, 0.25) is 0 Å². The molecular weight excluding hydrogens is 284 g/mol. The van der Waals surface area contributed by atoms with E-state index in [1.807, 2.05) is 0 Å². The van der Waals surface area contributed by atoms with E-state index in [4.69, 9.17) is 9.26 Å². The number of morpholine rings is 1. The lowest BCUT2D eigenvalue weighted by molar-refractivity contribution is -0.131. The number of aryl methyl sites for hydroxylation is 2. The Morgan fingerprint density at radius 3 is 2.60 bits per heavy atom. The molecule has 0 spiro atoms. The minimum absolute atomic E-state index is 0.104. The molecule has 0 amide bonds. The molecule has 1 unspecified atom stereocenters. The molecule has 7 nitrogen and oxygen atoms in total. The van der Waals surface area contributed by atoms with Crippen LogP contribution in [0.25, 0.3) is 0 Å². The monoisotopic (exact) mass is 304 g/mol. The molecule has 1 aliphatic rings. The zero-order valence-electron chi connectivity index (χ0n) is 12.1. The number of sulfonamides is 1. The van der Waals surface area contributed by atoms with Crippen molar-refractivity contribution in [3.8, 4) is 0 Å². The number of aromatic nitrogens is 1. The molecule has 0 radical (unpaired) electrons. The zero-order chi connectivity index (χ0) is 15.1. The highest BCUT2D eigenvalue weighted by Crippen LogP contribution is 2.29. The summed E-state index contributed by atoms with van der Waals surface area (Å²) < 4.78 is 37.4. The van der Waals surface area contributed by atoms with Crippen molar-refractivity contribution in [2.45, 2.75) is 44.3 Å². The number of rotatable bonds is 3. The third-order valence-corrected chi connectivity index (χ3v) is 5.28. The molecule has 0 saturated carbocycles. The summed E-state index contributed by atoms with van der Waals surface area (Å²) in [5.41, 5.74) is -0.315. The van der Waals surface area contributed by atoms with Gasteiger partial charge in [-0.05, 0) is 27.7 Å². The van der Waals surface area contributed by atoms with E-state index in [9.17, 15) is 13.5 Å². The highest BCUT2D eigenvalue weighted by Gasteiger charge is 2.41. The second kappa shape index (κ2) is 5.10. The van der Waals surface area contributed by atoms with E-state index in [0.717, 1.165) is 0 Å². The summed E-state index contributed by atoms with van der Waals surface area (Å²) in [6.07, 6.45) is -0.533. The van der Waals surface area contributed by atoms with Crippen molar-refractivity contribution in [2.75, 3.05) is 19.7 Å². The fourth-order valence-electron chi connectivity index (χ4n) is 2.49. The van der Waals surface area contributed by atoms with Gasteiger partial charge in [0.15, 0.2) is 5.76 Å². The highest BCUT2D eigenvalue weighted by atomic mass is 32.2. The second-order valence-electron chi connectivity index (χ2n) is 5.63. The van der Waals surface area contributed by atoms with Gasteiger partial charge in [0.1, 0.15) is 10.6 Å². The van der Waals surface area contributed by atoms with Gasteiger partial charge in [0.2, 0.25) is 10.0 Å². The Morgan fingerprint density at radius 2 is 2.10 bits per heavy atom.